The summed E-state index contributed by atoms with van der Waals surface area (Å²) in [6.45, 7) is 1.32. The molecule has 0 bridgehead atoms. The first-order valence-electron chi connectivity index (χ1n) is 8.32. The van der Waals surface area contributed by atoms with Gasteiger partial charge in [0.1, 0.15) is 11.6 Å². The number of nitrogens with one attached hydrogen (secondary N) is 2. The maximum absolute atomic E-state index is 12.9. The van der Waals surface area contributed by atoms with E-state index in [2.05, 4.69) is 10.6 Å². The molecule has 1 saturated heterocycles. The Bertz CT molecular complexity index is 778. The lowest BCUT2D eigenvalue weighted by Crippen LogP contribution is -2.34. The zero-order valence-electron chi connectivity index (χ0n) is 14.0. The quantitative estimate of drug-likeness (QED) is 0.862. The van der Waals surface area contributed by atoms with Gasteiger partial charge in [0, 0.05) is 37.7 Å². The van der Waals surface area contributed by atoms with Gasteiger partial charge in [-0.15, -0.1) is 0 Å². The van der Waals surface area contributed by atoms with Crippen molar-refractivity contribution < 1.29 is 18.4 Å². The van der Waals surface area contributed by atoms with E-state index in [-0.39, 0.29) is 23.5 Å². The van der Waals surface area contributed by atoms with Crippen molar-refractivity contribution in [3.8, 4) is 0 Å². The summed E-state index contributed by atoms with van der Waals surface area (Å²) in [5, 5.41) is 5.34. The van der Waals surface area contributed by atoms with E-state index in [9.17, 15) is 18.4 Å². The monoisotopic (exact) mass is 359 g/mol. The summed E-state index contributed by atoms with van der Waals surface area (Å²) in [7, 11) is 0. The molecular weight excluding hydrogens is 340 g/mol. The molecule has 2 N–H and O–H groups in total. The van der Waals surface area contributed by atoms with E-state index in [0.717, 1.165) is 5.56 Å². The normalized spacial score (nSPS) is 16.6. The molecule has 3 rings (SSSR count). The molecule has 2 aromatic rings. The molecule has 0 radical (unpaired) electrons. The summed E-state index contributed by atoms with van der Waals surface area (Å²) in [6, 6.07) is 11.1. The average molecular weight is 359 g/mol. The lowest BCUT2D eigenvalue weighted by atomic mass is 10.1. The summed E-state index contributed by atoms with van der Waals surface area (Å²) in [5.74, 6) is -0.653. The first-order chi connectivity index (χ1) is 12.5. The number of amides is 3. The van der Waals surface area contributed by atoms with Crippen LogP contribution >= 0.6 is 0 Å². The van der Waals surface area contributed by atoms with Gasteiger partial charge in [-0.3, -0.25) is 4.79 Å². The number of halogens is 2. The Morgan fingerprint density at radius 2 is 1.65 bits per heavy atom. The molecule has 0 aliphatic carbocycles. The van der Waals surface area contributed by atoms with Crippen LogP contribution in [-0.2, 0) is 11.3 Å². The van der Waals surface area contributed by atoms with E-state index in [4.69, 9.17) is 0 Å². The minimum atomic E-state index is -0.402. The molecule has 26 heavy (non-hydrogen) atoms. The van der Waals surface area contributed by atoms with Crippen molar-refractivity contribution in [3.63, 3.8) is 0 Å². The van der Waals surface area contributed by atoms with Crippen molar-refractivity contribution in [2.75, 3.05) is 18.4 Å². The summed E-state index contributed by atoms with van der Waals surface area (Å²) in [4.78, 5) is 25.7. The topological polar surface area (TPSA) is 61.4 Å². The molecule has 0 aromatic heterocycles. The molecule has 136 valence electrons. The Kier molecular flexibility index (Phi) is 5.46. The largest absolute Gasteiger partial charge is 0.338 e. The van der Waals surface area contributed by atoms with Crippen molar-refractivity contribution in [3.05, 3.63) is 65.7 Å². The average Bonchev–Trinajstić information content (AvgIpc) is 2.97. The predicted octanol–water partition coefficient (Wildman–Crippen LogP) is 3.14. The van der Waals surface area contributed by atoms with Gasteiger partial charge in [0.15, 0.2) is 0 Å². The fourth-order valence-corrected chi connectivity index (χ4v) is 2.90. The first-order valence-corrected chi connectivity index (χ1v) is 8.32. The molecule has 1 heterocycles. The van der Waals surface area contributed by atoms with Crippen molar-refractivity contribution in [1.82, 2.24) is 10.2 Å². The predicted molar refractivity (Wildman–Crippen MR) is 93.3 cm³/mol. The molecule has 0 saturated carbocycles. The summed E-state index contributed by atoms with van der Waals surface area (Å²) in [6.07, 6.45) is 0.359. The lowest BCUT2D eigenvalue weighted by molar-refractivity contribution is -0.128. The number of anilines is 1. The van der Waals surface area contributed by atoms with Crippen LogP contribution in [0.5, 0.6) is 0 Å². The molecule has 1 aliphatic heterocycles. The zero-order chi connectivity index (χ0) is 18.5. The molecule has 3 amide bonds. The van der Waals surface area contributed by atoms with E-state index < -0.39 is 6.03 Å². The van der Waals surface area contributed by atoms with Gasteiger partial charge in [-0.25, -0.2) is 13.6 Å². The number of hydrogen-bond donors (Lipinski definition) is 2. The highest BCUT2D eigenvalue weighted by atomic mass is 19.1. The maximum atomic E-state index is 12.9. The van der Waals surface area contributed by atoms with Crippen molar-refractivity contribution in [1.29, 1.82) is 0 Å². The fourth-order valence-electron chi connectivity index (χ4n) is 2.90. The van der Waals surface area contributed by atoms with Crippen LogP contribution in [-0.4, -0.2) is 29.9 Å². The SMILES string of the molecule is O=C(NCC1CC(=O)N(Cc2ccc(F)cc2)C1)Nc1ccc(F)cc1. The number of hydrogen-bond acceptors (Lipinski definition) is 2. The van der Waals surface area contributed by atoms with Crippen LogP contribution in [0.15, 0.2) is 48.5 Å². The number of rotatable bonds is 5. The van der Waals surface area contributed by atoms with E-state index >= 15 is 0 Å². The Balaban J connectivity index is 1.45. The molecule has 5 nitrogen and oxygen atoms in total. The minimum Gasteiger partial charge on any atom is -0.338 e. The van der Waals surface area contributed by atoms with E-state index in [1.165, 1.54) is 36.4 Å². The first kappa shape index (κ1) is 17.8. The van der Waals surface area contributed by atoms with Crippen LogP contribution in [0.2, 0.25) is 0 Å². The molecule has 7 heteroatoms. The zero-order valence-corrected chi connectivity index (χ0v) is 14.0. The number of urea groups is 1. The molecular formula is C19H19F2N3O2. The van der Waals surface area contributed by atoms with Gasteiger partial charge in [-0.2, -0.15) is 0 Å². The van der Waals surface area contributed by atoms with Gasteiger partial charge in [-0.05, 0) is 42.0 Å². The smallest absolute Gasteiger partial charge is 0.319 e. The van der Waals surface area contributed by atoms with Gasteiger partial charge < -0.3 is 15.5 Å². The highest BCUT2D eigenvalue weighted by Gasteiger charge is 2.29. The minimum absolute atomic E-state index is 0.0140. The summed E-state index contributed by atoms with van der Waals surface area (Å²) >= 11 is 0. The molecule has 1 atom stereocenters. The van der Waals surface area contributed by atoms with Crippen LogP contribution in [0.4, 0.5) is 19.3 Å². The molecule has 1 unspecified atom stereocenters. The third-order valence-corrected chi connectivity index (χ3v) is 4.23. The summed E-state index contributed by atoms with van der Waals surface area (Å²) < 4.78 is 25.8. The van der Waals surface area contributed by atoms with Crippen molar-refractivity contribution in [2.24, 2.45) is 5.92 Å². The van der Waals surface area contributed by atoms with Crippen LogP contribution < -0.4 is 10.6 Å². The number of likely N-dealkylation sites (tertiary alicyclic amines) is 1. The Labute approximate surface area is 150 Å². The second-order valence-corrected chi connectivity index (χ2v) is 6.31. The molecule has 1 aliphatic rings. The van der Waals surface area contributed by atoms with Gasteiger partial charge in [0.25, 0.3) is 0 Å². The number of benzene rings is 2. The van der Waals surface area contributed by atoms with Crippen LogP contribution in [0.1, 0.15) is 12.0 Å². The van der Waals surface area contributed by atoms with Crippen LogP contribution in [0, 0.1) is 17.6 Å². The van der Waals surface area contributed by atoms with Crippen molar-refractivity contribution in [2.45, 2.75) is 13.0 Å². The van der Waals surface area contributed by atoms with E-state index in [1.54, 1.807) is 17.0 Å². The number of carbonyl (C=O) groups is 2. The third kappa shape index (κ3) is 4.78. The number of carbonyl (C=O) groups excluding carboxylic acids is 2. The number of nitrogens with zero attached hydrogens (tertiary/aromatic N) is 1. The Hall–Kier alpha value is -2.96. The van der Waals surface area contributed by atoms with Crippen LogP contribution in [0.25, 0.3) is 0 Å². The van der Waals surface area contributed by atoms with Crippen molar-refractivity contribution >= 4 is 17.6 Å². The van der Waals surface area contributed by atoms with E-state index in [0.29, 0.717) is 31.7 Å². The van der Waals surface area contributed by atoms with Gasteiger partial charge in [0.05, 0.1) is 0 Å². The van der Waals surface area contributed by atoms with Gasteiger partial charge >= 0.3 is 6.03 Å². The highest BCUT2D eigenvalue weighted by Crippen LogP contribution is 2.20. The van der Waals surface area contributed by atoms with Gasteiger partial charge in [-0.1, -0.05) is 12.1 Å². The fraction of sp³-hybridized carbons (Fsp3) is 0.263. The third-order valence-electron chi connectivity index (χ3n) is 4.23. The Morgan fingerprint density at radius 3 is 2.31 bits per heavy atom. The molecule has 1 fully saturated rings. The standard InChI is InChI=1S/C19H19F2N3O2/c20-15-3-1-13(2-4-15)11-24-12-14(9-18(24)25)10-22-19(26)23-17-7-5-16(21)6-8-17/h1-8,14H,9-12H2,(H2,22,23,26). The Morgan fingerprint density at radius 1 is 1.04 bits per heavy atom. The second-order valence-electron chi connectivity index (χ2n) is 6.31. The molecule has 0 spiro atoms. The lowest BCUT2D eigenvalue weighted by Gasteiger charge is -2.17. The van der Waals surface area contributed by atoms with Gasteiger partial charge in [0.2, 0.25) is 5.91 Å². The van der Waals surface area contributed by atoms with Crippen LogP contribution in [0.3, 0.4) is 0 Å². The molecule has 2 aromatic carbocycles. The highest BCUT2D eigenvalue weighted by molar-refractivity contribution is 5.89. The second kappa shape index (κ2) is 7.95. The summed E-state index contributed by atoms with van der Waals surface area (Å²) in [5.41, 5.74) is 1.35. The maximum Gasteiger partial charge on any atom is 0.319 e. The van der Waals surface area contributed by atoms with E-state index in [1.807, 2.05) is 0 Å².